The van der Waals surface area contributed by atoms with Gasteiger partial charge in [0.1, 0.15) is 17.8 Å². The van der Waals surface area contributed by atoms with Crippen LogP contribution in [0.5, 0.6) is 0 Å². The van der Waals surface area contributed by atoms with Crippen LogP contribution in [0.3, 0.4) is 0 Å². The Hall–Kier alpha value is -5.77. The highest BCUT2D eigenvalue weighted by Crippen LogP contribution is 2.22. The van der Waals surface area contributed by atoms with E-state index in [-0.39, 0.29) is 0 Å². The molecule has 0 saturated carbocycles. The van der Waals surface area contributed by atoms with Gasteiger partial charge in [-0.1, -0.05) is 166 Å². The minimum atomic E-state index is 0.400. The number of thioether (sulfide) groups is 1. The van der Waals surface area contributed by atoms with E-state index in [0.29, 0.717) is 6.79 Å². The Bertz CT molecular complexity index is 1950. The first kappa shape index (κ1) is 110. The fourth-order valence-corrected chi connectivity index (χ4v) is 6.84. The lowest BCUT2D eigenvalue weighted by Gasteiger charge is -1.91. The summed E-state index contributed by atoms with van der Waals surface area (Å²) < 4.78 is 20.1. The molecule has 0 unspecified atom stereocenters. The molecule has 4 aromatic heterocycles. The molecule has 0 radical (unpaired) electrons. The second kappa shape index (κ2) is 83.3. The summed E-state index contributed by atoms with van der Waals surface area (Å²) in [5, 5.41) is 21.4. The van der Waals surface area contributed by atoms with Crippen LogP contribution in [0, 0.1) is 55.4 Å². The predicted octanol–water partition coefficient (Wildman–Crippen LogP) is 23.2. The van der Waals surface area contributed by atoms with Crippen LogP contribution in [0.1, 0.15) is 279 Å². The van der Waals surface area contributed by atoms with E-state index in [1.807, 2.05) is 239 Å². The first-order chi connectivity index (χ1) is 45.0. The Labute approximate surface area is 588 Å². The number of nitrogens with zero attached hydrogens (tertiary/aromatic N) is 8. The molecule has 4 aromatic rings. The van der Waals surface area contributed by atoms with Gasteiger partial charge in [-0.2, -0.15) is 32.2 Å². The fraction of sp³-hybridized carbons (Fsp3) is 0.646. The summed E-state index contributed by atoms with van der Waals surface area (Å²) in [6.45, 7) is 87.5. The Kier molecular flexibility index (Phi) is 97.2. The lowest BCUT2D eigenvalue weighted by atomic mass is 10.2. The number of ether oxygens (including phenoxy) is 4. The van der Waals surface area contributed by atoms with Gasteiger partial charge >= 0.3 is 0 Å². The van der Waals surface area contributed by atoms with Gasteiger partial charge in [0.05, 0.1) is 55.1 Å². The zero-order valence-electron chi connectivity index (χ0n) is 69.0. The molecule has 6 aliphatic heterocycles. The molecule has 0 amide bonds. The second-order valence-corrected chi connectivity index (χ2v) is 20.0. The van der Waals surface area contributed by atoms with Crippen LogP contribution in [0.2, 0.25) is 0 Å². The second-order valence-electron chi connectivity index (χ2n) is 19.0. The van der Waals surface area contributed by atoms with Gasteiger partial charge < -0.3 is 29.6 Å². The highest BCUT2D eigenvalue weighted by Gasteiger charge is 2.07. The van der Waals surface area contributed by atoms with Crippen LogP contribution < -0.4 is 10.6 Å². The molecule has 0 fully saturated rings. The van der Waals surface area contributed by atoms with Crippen molar-refractivity contribution >= 4 is 11.8 Å². The van der Waals surface area contributed by atoms with Crippen LogP contribution in [0.25, 0.3) is 0 Å². The molecule has 548 valence electrons. The number of allylic oxidation sites excluding steroid dienone is 4. The van der Waals surface area contributed by atoms with Gasteiger partial charge in [-0.3, -0.25) is 9.97 Å². The lowest BCUT2D eigenvalue weighted by Crippen LogP contribution is -2.07. The zero-order valence-corrected chi connectivity index (χ0v) is 69.8. The molecule has 10 rings (SSSR count). The molecular formula is C79H152N10O4S. The summed E-state index contributed by atoms with van der Waals surface area (Å²) in [5.41, 5.74) is 22.1. The molecule has 0 saturated heterocycles. The molecular weight excluding hydrogens is 1190 g/mol. The van der Waals surface area contributed by atoms with Crippen LogP contribution in [0.4, 0.5) is 0 Å². The van der Waals surface area contributed by atoms with E-state index < -0.39 is 0 Å². The summed E-state index contributed by atoms with van der Waals surface area (Å²) in [6, 6.07) is 1.95. The van der Waals surface area contributed by atoms with Gasteiger partial charge in [-0.25, -0.2) is 9.97 Å². The van der Waals surface area contributed by atoms with E-state index in [9.17, 15) is 0 Å². The van der Waals surface area contributed by atoms with Crippen molar-refractivity contribution in [1.29, 1.82) is 0 Å². The summed E-state index contributed by atoms with van der Waals surface area (Å²) in [4.78, 5) is 15.8. The van der Waals surface area contributed by atoms with E-state index in [1.165, 1.54) is 73.8 Å². The van der Waals surface area contributed by atoms with Crippen molar-refractivity contribution < 1.29 is 18.9 Å². The largest absolute Gasteiger partial charge is 0.498 e. The molecule has 10 heterocycles. The minimum absolute atomic E-state index is 0.400. The topological polar surface area (TPSA) is 164 Å². The standard InChI is InChI=1S/4C6H8N2.2C6H11N.2C6H10O.C6H10S.C5H8O2.10C2H6/c1-5-3-7-4-8-6(5)2;1-5-3-7-8-4-6(5)2;1-5-6(2)8-4-3-7-5;1-5-3-4-7-8-6(5)2;1-5-3-7-4-6(5)2;1-5-3-4-7-6(5)2;1-5-3-7-4-6(5)2;1-5-3-4-7-6(5)2;1-5-3-7-4-6(5)2;1-4-5(2)7-3-6-4;10*1-2/h4*3-4H,1-2H3;2*7H,3-4H2,1-2H3;3*3-4H2,1-2H3;3H2,1-2H3;10*1-2H3. The van der Waals surface area contributed by atoms with Gasteiger partial charge in [-0.05, 0) is 190 Å². The number of aryl methyl sites for hydroxylation is 8. The molecule has 0 spiro atoms. The van der Waals surface area contributed by atoms with Gasteiger partial charge in [0.15, 0.2) is 0 Å². The highest BCUT2D eigenvalue weighted by atomic mass is 32.2. The Morgan fingerprint density at radius 1 is 0.372 bits per heavy atom. The van der Waals surface area contributed by atoms with Gasteiger partial charge in [0, 0.05) is 73.7 Å². The van der Waals surface area contributed by atoms with Gasteiger partial charge in [-0.15, -0.1) is 0 Å². The van der Waals surface area contributed by atoms with Crippen LogP contribution in [-0.2, 0) is 18.9 Å². The fourth-order valence-electron chi connectivity index (χ4n) is 5.63. The normalized spacial score (nSPS) is 13.0. The Balaban J connectivity index is -0.000000101. The maximum Gasteiger partial charge on any atom is 0.230 e. The third-order valence-electron chi connectivity index (χ3n) is 12.9. The number of hydrogen-bond donors (Lipinski definition) is 2. The average Bonchev–Trinajstić information content (AvgIpc) is 4.49. The summed E-state index contributed by atoms with van der Waals surface area (Å²) in [6.07, 6.45) is 14.3. The average molecular weight is 1340 g/mol. The smallest absolute Gasteiger partial charge is 0.230 e. The summed E-state index contributed by atoms with van der Waals surface area (Å²) in [5.74, 6) is 5.47. The third kappa shape index (κ3) is 64.9. The maximum atomic E-state index is 5.14. The van der Waals surface area contributed by atoms with Gasteiger partial charge in [0.25, 0.3) is 0 Å². The van der Waals surface area contributed by atoms with E-state index >= 15 is 0 Å². The molecule has 94 heavy (non-hydrogen) atoms. The predicted molar refractivity (Wildman–Crippen MR) is 421 cm³/mol. The van der Waals surface area contributed by atoms with Crippen LogP contribution in [-0.4, -0.2) is 98.1 Å². The Morgan fingerprint density at radius 3 is 0.968 bits per heavy atom. The summed E-state index contributed by atoms with van der Waals surface area (Å²) in [7, 11) is 0. The molecule has 14 nitrogen and oxygen atoms in total. The highest BCUT2D eigenvalue weighted by molar-refractivity contribution is 7.99. The van der Waals surface area contributed by atoms with Crippen LogP contribution in [0.15, 0.2) is 117 Å². The minimum Gasteiger partial charge on any atom is -0.498 e. The number of rotatable bonds is 0. The van der Waals surface area contributed by atoms with Crippen molar-refractivity contribution in [1.82, 2.24) is 51.0 Å². The van der Waals surface area contributed by atoms with Crippen LogP contribution >= 0.6 is 11.8 Å². The van der Waals surface area contributed by atoms with E-state index in [4.69, 9.17) is 18.9 Å². The SMILES string of the molecule is CC.CC.CC.CC.CC.CC.CC.CC.CC.CC.CC1=C(C)CNC1.CC1=C(C)COC1.CC1=C(C)CSC1.CC1=C(C)NCC1.CC1=C(C)OCC1.CC1=C(C)OCO1.Cc1ccnnc1C.Cc1cncnc1C.Cc1cnncc1C.Cc1nccnc1C. The first-order valence-electron chi connectivity index (χ1n) is 35.5. The van der Waals surface area contributed by atoms with Gasteiger partial charge in [0.2, 0.25) is 6.79 Å². The maximum absolute atomic E-state index is 5.14. The molecule has 0 aromatic carbocycles. The number of aromatic nitrogens is 8. The zero-order chi connectivity index (χ0) is 75.6. The first-order valence-corrected chi connectivity index (χ1v) is 36.6. The van der Waals surface area contributed by atoms with E-state index in [2.05, 4.69) is 113 Å². The molecule has 0 atom stereocenters. The van der Waals surface area contributed by atoms with Crippen molar-refractivity contribution in [2.45, 2.75) is 290 Å². The van der Waals surface area contributed by atoms with E-state index in [0.717, 1.165) is 91.5 Å². The van der Waals surface area contributed by atoms with Crippen molar-refractivity contribution in [3.63, 3.8) is 0 Å². The molecule has 2 N–H and O–H groups in total. The third-order valence-corrected chi connectivity index (χ3v) is 14.1. The summed E-state index contributed by atoms with van der Waals surface area (Å²) >= 11 is 2.02. The molecule has 6 aliphatic rings. The Morgan fingerprint density at radius 2 is 0.798 bits per heavy atom. The number of nitrogens with one attached hydrogen (secondary N) is 2. The molecule has 15 heteroatoms. The van der Waals surface area contributed by atoms with Crippen molar-refractivity contribution in [2.75, 3.05) is 57.8 Å². The van der Waals surface area contributed by atoms with Crippen molar-refractivity contribution in [3.05, 3.63) is 162 Å². The lowest BCUT2D eigenvalue weighted by molar-refractivity contribution is 0.0724. The number of hydrogen-bond acceptors (Lipinski definition) is 15. The molecule has 0 bridgehead atoms. The van der Waals surface area contributed by atoms with Crippen molar-refractivity contribution in [3.8, 4) is 0 Å². The van der Waals surface area contributed by atoms with E-state index in [1.54, 1.807) is 48.5 Å². The monoisotopic (exact) mass is 1340 g/mol. The molecule has 0 aliphatic carbocycles. The quantitative estimate of drug-likeness (QED) is 0.160. The van der Waals surface area contributed by atoms with Crippen molar-refractivity contribution in [2.24, 2.45) is 0 Å².